The van der Waals surface area contributed by atoms with E-state index in [1.807, 2.05) is 36.7 Å². The van der Waals surface area contributed by atoms with E-state index in [1.54, 1.807) is 6.26 Å². The van der Waals surface area contributed by atoms with Gasteiger partial charge in [0.25, 0.3) is 0 Å². The van der Waals surface area contributed by atoms with Gasteiger partial charge < -0.3 is 9.32 Å². The quantitative estimate of drug-likeness (QED) is 0.577. The number of hydrogen-bond acceptors (Lipinski definition) is 4. The van der Waals surface area contributed by atoms with Crippen LogP contribution in [0.1, 0.15) is 55.5 Å². The molecule has 2 saturated heterocycles. The highest BCUT2D eigenvalue weighted by atomic mass is 16.3. The number of furan rings is 1. The summed E-state index contributed by atoms with van der Waals surface area (Å²) in [6, 6.07) is 14.7. The highest BCUT2D eigenvalue weighted by Gasteiger charge is 2.56. The Labute approximate surface area is 189 Å². The van der Waals surface area contributed by atoms with Crippen LogP contribution in [-0.4, -0.2) is 45.1 Å². The summed E-state index contributed by atoms with van der Waals surface area (Å²) < 4.78 is 7.41. The van der Waals surface area contributed by atoms with E-state index in [0.717, 1.165) is 44.6 Å². The maximum Gasteiger partial charge on any atom is 0.231 e. The summed E-state index contributed by atoms with van der Waals surface area (Å²) >= 11 is 0. The summed E-state index contributed by atoms with van der Waals surface area (Å²) in [5.74, 6) is 0.425. The Bertz CT molecular complexity index is 1040. The van der Waals surface area contributed by atoms with Crippen molar-refractivity contribution in [3.63, 3.8) is 0 Å². The molecule has 0 radical (unpaired) electrons. The van der Waals surface area contributed by atoms with Gasteiger partial charge in [0.2, 0.25) is 5.91 Å². The summed E-state index contributed by atoms with van der Waals surface area (Å²) in [4.78, 5) is 18.7. The van der Waals surface area contributed by atoms with Crippen molar-refractivity contribution < 1.29 is 9.21 Å². The van der Waals surface area contributed by atoms with Crippen molar-refractivity contribution in [2.45, 2.75) is 51.7 Å². The second-order valence-electron chi connectivity index (χ2n) is 9.62. The van der Waals surface area contributed by atoms with Crippen LogP contribution in [0.25, 0.3) is 0 Å². The minimum absolute atomic E-state index is 0.130. The van der Waals surface area contributed by atoms with E-state index in [0.29, 0.717) is 12.5 Å². The summed E-state index contributed by atoms with van der Waals surface area (Å²) in [5, 5.41) is 4.61. The number of benzene rings is 1. The van der Waals surface area contributed by atoms with Crippen molar-refractivity contribution in [2.75, 3.05) is 19.6 Å². The first-order chi connectivity index (χ1) is 15.6. The van der Waals surface area contributed by atoms with Crippen molar-refractivity contribution in [3.8, 4) is 0 Å². The van der Waals surface area contributed by atoms with Crippen molar-refractivity contribution in [1.29, 1.82) is 0 Å². The zero-order valence-corrected chi connectivity index (χ0v) is 19.0. The number of nitrogens with zero attached hydrogens (tertiary/aromatic N) is 4. The van der Waals surface area contributed by atoms with Crippen LogP contribution < -0.4 is 0 Å². The van der Waals surface area contributed by atoms with E-state index < -0.39 is 5.41 Å². The smallest absolute Gasteiger partial charge is 0.231 e. The number of carbonyl (C=O) groups excluding carboxylic acids is 1. The molecule has 1 spiro atoms. The average Bonchev–Trinajstić information content (AvgIpc) is 3.53. The van der Waals surface area contributed by atoms with E-state index in [9.17, 15) is 4.79 Å². The topological polar surface area (TPSA) is 54.5 Å². The SMILES string of the molecule is CC(C)n1nccc1[C@@H]1CN(Cc2ccoc2)C[C@]12CCCN(Cc1ccccc1)C2=O. The van der Waals surface area contributed by atoms with Crippen LogP contribution in [0.5, 0.6) is 0 Å². The summed E-state index contributed by atoms with van der Waals surface area (Å²) in [6.07, 6.45) is 7.37. The highest BCUT2D eigenvalue weighted by Crippen LogP contribution is 2.50. The van der Waals surface area contributed by atoms with Crippen molar-refractivity contribution in [3.05, 3.63) is 78.0 Å². The Morgan fingerprint density at radius 1 is 1.12 bits per heavy atom. The zero-order chi connectivity index (χ0) is 22.1. The van der Waals surface area contributed by atoms with Gasteiger partial charge in [0, 0.05) is 62.1 Å². The molecule has 6 heteroatoms. The fraction of sp³-hybridized carbons (Fsp3) is 0.462. The lowest BCUT2D eigenvalue weighted by Gasteiger charge is -2.43. The van der Waals surface area contributed by atoms with Gasteiger partial charge in [-0.25, -0.2) is 0 Å². The van der Waals surface area contributed by atoms with Gasteiger partial charge in [0.1, 0.15) is 0 Å². The van der Waals surface area contributed by atoms with Crippen LogP contribution in [0.15, 0.2) is 65.6 Å². The minimum Gasteiger partial charge on any atom is -0.472 e. The molecule has 0 bridgehead atoms. The number of rotatable bonds is 6. The predicted molar refractivity (Wildman–Crippen MR) is 123 cm³/mol. The maximum absolute atomic E-state index is 14.1. The molecule has 32 heavy (non-hydrogen) atoms. The zero-order valence-electron chi connectivity index (χ0n) is 19.0. The summed E-state index contributed by atoms with van der Waals surface area (Å²) in [5.41, 5.74) is 3.12. The predicted octanol–water partition coefficient (Wildman–Crippen LogP) is 4.47. The van der Waals surface area contributed by atoms with E-state index in [4.69, 9.17) is 4.42 Å². The molecule has 0 saturated carbocycles. The fourth-order valence-electron chi connectivity index (χ4n) is 5.71. The lowest BCUT2D eigenvalue weighted by Crippen LogP contribution is -2.52. The molecule has 1 aromatic carbocycles. The molecule has 2 fully saturated rings. The van der Waals surface area contributed by atoms with Crippen molar-refractivity contribution in [2.24, 2.45) is 5.41 Å². The molecule has 2 aliphatic heterocycles. The van der Waals surface area contributed by atoms with Gasteiger partial charge in [-0.2, -0.15) is 5.10 Å². The summed E-state index contributed by atoms with van der Waals surface area (Å²) in [6.45, 7) is 8.26. The van der Waals surface area contributed by atoms with E-state index in [-0.39, 0.29) is 12.0 Å². The monoisotopic (exact) mass is 432 g/mol. The molecule has 5 rings (SSSR count). The molecule has 2 aromatic heterocycles. The molecule has 1 amide bonds. The number of piperidine rings is 1. The standard InChI is InChI=1S/C26H32N4O2/c1-20(2)30-24(9-12-27-30)23-17-28(15-22-10-14-32-18-22)19-26(23)11-6-13-29(25(26)31)16-21-7-4-3-5-8-21/h3-5,7-10,12,14,18,20,23H,6,11,13,15-17,19H2,1-2H3/t23-,26+/m0/s1. The van der Waals surface area contributed by atoms with Gasteiger partial charge in [-0.3, -0.25) is 14.4 Å². The van der Waals surface area contributed by atoms with Crippen LogP contribution in [0.3, 0.4) is 0 Å². The number of likely N-dealkylation sites (tertiary alicyclic amines) is 2. The molecule has 2 atom stereocenters. The second kappa shape index (κ2) is 8.58. The first-order valence-corrected chi connectivity index (χ1v) is 11.7. The normalized spacial score (nSPS) is 24.2. The lowest BCUT2D eigenvalue weighted by molar-refractivity contribution is -0.147. The third-order valence-corrected chi connectivity index (χ3v) is 7.13. The van der Waals surface area contributed by atoms with Gasteiger partial charge in [0.05, 0.1) is 17.9 Å². The van der Waals surface area contributed by atoms with Crippen LogP contribution >= 0.6 is 0 Å². The maximum atomic E-state index is 14.1. The van der Waals surface area contributed by atoms with Crippen LogP contribution in [0.2, 0.25) is 0 Å². The molecule has 4 heterocycles. The molecule has 0 unspecified atom stereocenters. The van der Waals surface area contributed by atoms with Gasteiger partial charge >= 0.3 is 0 Å². The first-order valence-electron chi connectivity index (χ1n) is 11.7. The Hall–Kier alpha value is -2.86. The molecular weight excluding hydrogens is 400 g/mol. The molecular formula is C26H32N4O2. The fourth-order valence-corrected chi connectivity index (χ4v) is 5.71. The Balaban J connectivity index is 1.48. The summed E-state index contributed by atoms with van der Waals surface area (Å²) in [7, 11) is 0. The number of amides is 1. The second-order valence-corrected chi connectivity index (χ2v) is 9.62. The Morgan fingerprint density at radius 3 is 2.72 bits per heavy atom. The third kappa shape index (κ3) is 3.77. The average molecular weight is 433 g/mol. The molecule has 2 aliphatic rings. The van der Waals surface area contributed by atoms with Crippen molar-refractivity contribution in [1.82, 2.24) is 19.6 Å². The number of aromatic nitrogens is 2. The Kier molecular flexibility index (Phi) is 5.64. The largest absolute Gasteiger partial charge is 0.472 e. The molecule has 0 N–H and O–H groups in total. The van der Waals surface area contributed by atoms with Gasteiger partial charge in [-0.05, 0) is 44.4 Å². The van der Waals surface area contributed by atoms with Gasteiger partial charge in [-0.15, -0.1) is 0 Å². The Morgan fingerprint density at radius 2 is 1.97 bits per heavy atom. The molecule has 168 valence electrons. The lowest BCUT2D eigenvalue weighted by atomic mass is 9.70. The van der Waals surface area contributed by atoms with Gasteiger partial charge in [-0.1, -0.05) is 30.3 Å². The van der Waals surface area contributed by atoms with Crippen LogP contribution in [0.4, 0.5) is 0 Å². The van der Waals surface area contributed by atoms with E-state index in [2.05, 4.69) is 51.6 Å². The number of carbonyl (C=O) groups is 1. The molecule has 3 aromatic rings. The van der Waals surface area contributed by atoms with Crippen LogP contribution in [0, 0.1) is 5.41 Å². The number of hydrogen-bond donors (Lipinski definition) is 0. The molecule has 6 nitrogen and oxygen atoms in total. The van der Waals surface area contributed by atoms with Crippen LogP contribution in [-0.2, 0) is 17.9 Å². The minimum atomic E-state index is -0.413. The molecule has 0 aliphatic carbocycles. The van der Waals surface area contributed by atoms with Gasteiger partial charge in [0.15, 0.2) is 0 Å². The van der Waals surface area contributed by atoms with E-state index >= 15 is 0 Å². The van der Waals surface area contributed by atoms with E-state index in [1.165, 1.54) is 11.3 Å². The highest BCUT2D eigenvalue weighted by molar-refractivity contribution is 5.85. The third-order valence-electron chi connectivity index (χ3n) is 7.13. The first kappa shape index (κ1) is 21.0. The van der Waals surface area contributed by atoms with Crippen molar-refractivity contribution >= 4 is 5.91 Å².